The molecule has 0 unspecified atom stereocenters. The normalized spacial score (nSPS) is 17.4. The van der Waals surface area contributed by atoms with Gasteiger partial charge in [0.25, 0.3) is 5.91 Å². The van der Waals surface area contributed by atoms with Gasteiger partial charge in [-0.2, -0.15) is 5.10 Å². The predicted molar refractivity (Wildman–Crippen MR) is 117 cm³/mol. The van der Waals surface area contributed by atoms with Crippen LogP contribution in [0.2, 0.25) is 10.0 Å². The Bertz CT molecular complexity index is 1000. The molecule has 1 atom stereocenters. The number of hydrogen-bond acceptors (Lipinski definition) is 3. The fourth-order valence-corrected chi connectivity index (χ4v) is 3.63. The highest BCUT2D eigenvalue weighted by Gasteiger charge is 2.38. The molecule has 0 radical (unpaired) electrons. The van der Waals surface area contributed by atoms with Gasteiger partial charge in [-0.15, -0.1) is 0 Å². The van der Waals surface area contributed by atoms with Gasteiger partial charge < -0.3 is 0 Å². The van der Waals surface area contributed by atoms with Crippen molar-refractivity contribution in [2.75, 3.05) is 6.54 Å². The van der Waals surface area contributed by atoms with Gasteiger partial charge in [0.15, 0.2) is 0 Å². The SMILES string of the molecule is O=C1CN(Cc2ccccc2)[C@@H](c2ccc(Cl)cc2)N1/N=C\c1ccc(Cl)cc1. The molecule has 1 fully saturated rings. The molecule has 1 saturated heterocycles. The Morgan fingerprint density at radius 2 is 1.52 bits per heavy atom. The second-order valence-electron chi connectivity index (χ2n) is 6.85. The summed E-state index contributed by atoms with van der Waals surface area (Å²) >= 11 is 12.0. The van der Waals surface area contributed by atoms with Crippen molar-refractivity contribution in [1.29, 1.82) is 0 Å². The number of nitrogens with zero attached hydrogens (tertiary/aromatic N) is 3. The first-order valence-electron chi connectivity index (χ1n) is 9.25. The average Bonchev–Trinajstić information content (AvgIpc) is 3.04. The van der Waals surface area contributed by atoms with Crippen LogP contribution in [0.1, 0.15) is 22.9 Å². The van der Waals surface area contributed by atoms with E-state index in [9.17, 15) is 4.79 Å². The van der Waals surface area contributed by atoms with Crippen LogP contribution in [0.25, 0.3) is 0 Å². The van der Waals surface area contributed by atoms with Crippen LogP contribution >= 0.6 is 23.2 Å². The fraction of sp³-hybridized carbons (Fsp3) is 0.130. The van der Waals surface area contributed by atoms with Crippen LogP contribution < -0.4 is 0 Å². The lowest BCUT2D eigenvalue weighted by atomic mass is 10.1. The number of halogens is 2. The Labute approximate surface area is 180 Å². The van der Waals surface area contributed by atoms with Gasteiger partial charge in [0.2, 0.25) is 0 Å². The molecule has 0 bridgehead atoms. The molecule has 4 rings (SSSR count). The van der Waals surface area contributed by atoms with Crippen molar-refractivity contribution in [3.05, 3.63) is 106 Å². The molecule has 4 nitrogen and oxygen atoms in total. The molecule has 3 aromatic rings. The van der Waals surface area contributed by atoms with Crippen molar-refractivity contribution in [3.8, 4) is 0 Å². The summed E-state index contributed by atoms with van der Waals surface area (Å²) in [6.07, 6.45) is 1.38. The van der Waals surface area contributed by atoms with E-state index in [0.717, 1.165) is 16.7 Å². The minimum Gasteiger partial charge on any atom is -0.271 e. The van der Waals surface area contributed by atoms with E-state index in [4.69, 9.17) is 23.2 Å². The molecule has 0 N–H and O–H groups in total. The van der Waals surface area contributed by atoms with Crippen molar-refractivity contribution < 1.29 is 4.79 Å². The summed E-state index contributed by atoms with van der Waals surface area (Å²) in [6.45, 7) is 0.937. The zero-order valence-corrected chi connectivity index (χ0v) is 17.1. The van der Waals surface area contributed by atoms with Crippen LogP contribution in [0, 0.1) is 0 Å². The number of benzene rings is 3. The summed E-state index contributed by atoms with van der Waals surface area (Å²) in [5.41, 5.74) is 2.98. The predicted octanol–water partition coefficient (Wildman–Crippen LogP) is 5.37. The van der Waals surface area contributed by atoms with Gasteiger partial charge in [-0.1, -0.05) is 77.8 Å². The Morgan fingerprint density at radius 1 is 0.897 bits per heavy atom. The molecule has 1 aliphatic heterocycles. The van der Waals surface area contributed by atoms with Crippen molar-refractivity contribution in [3.63, 3.8) is 0 Å². The highest BCUT2D eigenvalue weighted by molar-refractivity contribution is 6.30. The van der Waals surface area contributed by atoms with Crippen LogP contribution in [0.5, 0.6) is 0 Å². The largest absolute Gasteiger partial charge is 0.271 e. The molecule has 0 spiro atoms. The Hall–Kier alpha value is -2.66. The maximum absolute atomic E-state index is 12.8. The zero-order valence-electron chi connectivity index (χ0n) is 15.6. The molecule has 6 heteroatoms. The quantitative estimate of drug-likeness (QED) is 0.517. The maximum Gasteiger partial charge on any atom is 0.258 e. The lowest BCUT2D eigenvalue weighted by molar-refractivity contribution is -0.128. The molecule has 1 amide bonds. The standard InChI is InChI=1S/C23H19Cl2N3O/c24-20-10-6-17(7-11-20)14-26-28-22(29)16-27(15-18-4-2-1-3-5-18)23(28)19-8-12-21(25)13-9-19/h1-14,23H,15-16H2/b26-14-/t23-/m1/s1. The minimum atomic E-state index is -0.302. The minimum absolute atomic E-state index is 0.0499. The van der Waals surface area contributed by atoms with E-state index in [1.54, 1.807) is 23.4 Å². The monoisotopic (exact) mass is 423 g/mol. The van der Waals surface area contributed by atoms with Gasteiger partial charge in [-0.05, 0) is 41.0 Å². The van der Waals surface area contributed by atoms with Crippen molar-refractivity contribution >= 4 is 35.3 Å². The Kier molecular flexibility index (Phi) is 5.95. The first kappa shape index (κ1) is 19.6. The van der Waals surface area contributed by atoms with E-state index < -0.39 is 0 Å². The second kappa shape index (κ2) is 8.78. The van der Waals surface area contributed by atoms with Gasteiger partial charge in [0.05, 0.1) is 12.8 Å². The lowest BCUT2D eigenvalue weighted by Gasteiger charge is -2.27. The van der Waals surface area contributed by atoms with E-state index in [-0.39, 0.29) is 12.1 Å². The van der Waals surface area contributed by atoms with Gasteiger partial charge in [-0.3, -0.25) is 9.69 Å². The van der Waals surface area contributed by atoms with Gasteiger partial charge in [-0.25, -0.2) is 5.01 Å². The number of hydrogen-bond donors (Lipinski definition) is 0. The summed E-state index contributed by atoms with van der Waals surface area (Å²) in [6, 6.07) is 25.0. The van der Waals surface area contributed by atoms with E-state index in [1.807, 2.05) is 54.6 Å². The maximum atomic E-state index is 12.8. The molecule has 146 valence electrons. The van der Waals surface area contributed by atoms with Crippen LogP contribution in [0.4, 0.5) is 0 Å². The van der Waals surface area contributed by atoms with E-state index in [0.29, 0.717) is 23.1 Å². The number of carbonyl (C=O) groups is 1. The van der Waals surface area contributed by atoms with Crippen LogP contribution in [0.15, 0.2) is 84.0 Å². The molecule has 1 heterocycles. The van der Waals surface area contributed by atoms with E-state index in [1.165, 1.54) is 0 Å². The summed E-state index contributed by atoms with van der Waals surface area (Å²) < 4.78 is 0. The smallest absolute Gasteiger partial charge is 0.258 e. The first-order valence-corrected chi connectivity index (χ1v) is 10.0. The van der Waals surface area contributed by atoms with Crippen molar-refractivity contribution in [1.82, 2.24) is 9.91 Å². The topological polar surface area (TPSA) is 35.9 Å². The third-order valence-corrected chi connectivity index (χ3v) is 5.27. The molecular weight excluding hydrogens is 405 g/mol. The van der Waals surface area contributed by atoms with Gasteiger partial charge >= 0.3 is 0 Å². The van der Waals surface area contributed by atoms with E-state index >= 15 is 0 Å². The fourth-order valence-electron chi connectivity index (χ4n) is 3.38. The Morgan fingerprint density at radius 3 is 2.17 bits per heavy atom. The van der Waals surface area contributed by atoms with Crippen molar-refractivity contribution in [2.45, 2.75) is 12.7 Å². The molecular formula is C23H19Cl2N3O. The molecule has 1 aliphatic rings. The average molecular weight is 424 g/mol. The number of hydrazone groups is 1. The third kappa shape index (κ3) is 4.67. The van der Waals surface area contributed by atoms with E-state index in [2.05, 4.69) is 22.1 Å². The number of amides is 1. The summed E-state index contributed by atoms with van der Waals surface area (Å²) in [5.74, 6) is -0.0499. The summed E-state index contributed by atoms with van der Waals surface area (Å²) in [4.78, 5) is 14.9. The Balaban J connectivity index is 1.65. The molecule has 0 aromatic heterocycles. The molecule has 0 aliphatic carbocycles. The van der Waals surface area contributed by atoms with Crippen LogP contribution in [0.3, 0.4) is 0 Å². The van der Waals surface area contributed by atoms with Gasteiger partial charge in [0, 0.05) is 16.6 Å². The number of carbonyl (C=O) groups excluding carboxylic acids is 1. The van der Waals surface area contributed by atoms with Crippen molar-refractivity contribution in [2.24, 2.45) is 5.10 Å². The molecule has 0 saturated carbocycles. The third-order valence-electron chi connectivity index (χ3n) is 4.77. The lowest BCUT2D eigenvalue weighted by Crippen LogP contribution is -2.28. The summed E-state index contributed by atoms with van der Waals surface area (Å²) in [5, 5.41) is 7.38. The van der Waals surface area contributed by atoms with Crippen LogP contribution in [-0.2, 0) is 11.3 Å². The first-order chi connectivity index (χ1) is 14.1. The van der Waals surface area contributed by atoms with Gasteiger partial charge in [0.1, 0.15) is 6.17 Å². The highest BCUT2D eigenvalue weighted by Crippen LogP contribution is 2.33. The molecule has 29 heavy (non-hydrogen) atoms. The zero-order chi connectivity index (χ0) is 20.2. The highest BCUT2D eigenvalue weighted by atomic mass is 35.5. The number of rotatable bonds is 5. The second-order valence-corrected chi connectivity index (χ2v) is 7.72. The molecule has 3 aromatic carbocycles. The summed E-state index contributed by atoms with van der Waals surface area (Å²) in [7, 11) is 0. The van der Waals surface area contributed by atoms with Crippen LogP contribution in [-0.4, -0.2) is 28.6 Å².